The molecule has 102 valence electrons. The molecule has 0 aliphatic heterocycles. The Morgan fingerprint density at radius 3 is 3.11 bits per heavy atom. The summed E-state index contributed by atoms with van der Waals surface area (Å²) in [5.74, 6) is 1.72. The topological polar surface area (TPSA) is 38.0 Å². The van der Waals surface area contributed by atoms with Crippen molar-refractivity contribution >= 4 is 11.3 Å². The molecular weight excluding hydrogens is 256 g/mol. The third-order valence-corrected chi connectivity index (χ3v) is 5.10. The predicted molar refractivity (Wildman–Crippen MR) is 78.2 cm³/mol. The number of hydrogen-bond donors (Lipinski definition) is 1. The Hall–Kier alpha value is -1.13. The molecule has 19 heavy (non-hydrogen) atoms. The van der Waals surface area contributed by atoms with E-state index in [-0.39, 0.29) is 12.1 Å². The van der Waals surface area contributed by atoms with Crippen molar-refractivity contribution in [3.05, 3.63) is 29.9 Å². The lowest BCUT2D eigenvalue weighted by atomic mass is 9.82. The Bertz CT molecular complexity index is 520. The molecule has 1 fully saturated rings. The van der Waals surface area contributed by atoms with Crippen molar-refractivity contribution in [2.45, 2.75) is 44.8 Å². The number of aromatic nitrogens is 2. The van der Waals surface area contributed by atoms with E-state index in [0.717, 1.165) is 31.0 Å². The number of hydrogen-bond acceptors (Lipinski definition) is 3. The maximum Gasteiger partial charge on any atom is 0.150 e. The van der Waals surface area contributed by atoms with Gasteiger partial charge in [-0.15, -0.1) is 11.3 Å². The van der Waals surface area contributed by atoms with Crippen molar-refractivity contribution in [3.63, 3.8) is 0 Å². The quantitative estimate of drug-likeness (QED) is 0.927. The lowest BCUT2D eigenvalue weighted by Crippen LogP contribution is -2.31. The zero-order chi connectivity index (χ0) is 13.2. The molecule has 2 aromatic rings. The van der Waals surface area contributed by atoms with E-state index in [1.807, 2.05) is 18.5 Å². The highest BCUT2D eigenvalue weighted by Crippen LogP contribution is 2.37. The van der Waals surface area contributed by atoms with Crippen LogP contribution in [0.5, 0.6) is 0 Å². The van der Waals surface area contributed by atoms with E-state index in [4.69, 9.17) is 0 Å². The van der Waals surface area contributed by atoms with Crippen LogP contribution in [0.3, 0.4) is 0 Å². The minimum Gasteiger partial charge on any atom is -0.391 e. The predicted octanol–water partition coefficient (Wildman–Crippen LogP) is 3.72. The van der Waals surface area contributed by atoms with Gasteiger partial charge in [0.25, 0.3) is 0 Å². The zero-order valence-corrected chi connectivity index (χ0v) is 12.0. The fraction of sp³-hybridized carbons (Fsp3) is 0.533. The molecule has 4 heteroatoms. The molecule has 3 nitrogen and oxygen atoms in total. The van der Waals surface area contributed by atoms with Crippen LogP contribution in [0.15, 0.2) is 29.9 Å². The third kappa shape index (κ3) is 2.47. The van der Waals surface area contributed by atoms with Crippen molar-refractivity contribution in [2.75, 3.05) is 0 Å². The van der Waals surface area contributed by atoms with E-state index < -0.39 is 0 Å². The molecule has 3 rings (SSSR count). The molecule has 2 aromatic heterocycles. The van der Waals surface area contributed by atoms with Crippen molar-refractivity contribution in [1.82, 2.24) is 9.55 Å². The Labute approximate surface area is 117 Å². The van der Waals surface area contributed by atoms with Gasteiger partial charge in [0.2, 0.25) is 0 Å². The summed E-state index contributed by atoms with van der Waals surface area (Å²) >= 11 is 1.70. The molecule has 1 aliphatic carbocycles. The van der Waals surface area contributed by atoms with Crippen LogP contribution in [0.1, 0.15) is 38.6 Å². The number of thiophene rings is 1. The van der Waals surface area contributed by atoms with E-state index in [0.29, 0.717) is 0 Å². The molecule has 0 radical (unpaired) electrons. The second-order valence-corrected chi connectivity index (χ2v) is 6.31. The first-order valence-electron chi connectivity index (χ1n) is 7.04. The summed E-state index contributed by atoms with van der Waals surface area (Å²) in [6.07, 6.45) is 7.94. The number of aliphatic hydroxyl groups is 1. The minimum atomic E-state index is -0.240. The van der Waals surface area contributed by atoms with Gasteiger partial charge in [-0.2, -0.15) is 0 Å². The third-order valence-electron chi connectivity index (χ3n) is 4.23. The van der Waals surface area contributed by atoms with Gasteiger partial charge in [0.05, 0.1) is 17.0 Å². The lowest BCUT2D eigenvalue weighted by Gasteiger charge is -2.34. The number of aliphatic hydroxyl groups excluding tert-OH is 1. The molecule has 3 unspecified atom stereocenters. The molecule has 0 aromatic carbocycles. The van der Waals surface area contributed by atoms with E-state index in [1.54, 1.807) is 11.3 Å². The Morgan fingerprint density at radius 1 is 1.47 bits per heavy atom. The lowest BCUT2D eigenvalue weighted by molar-refractivity contribution is 0.0541. The highest BCUT2D eigenvalue weighted by molar-refractivity contribution is 7.13. The van der Waals surface area contributed by atoms with Crippen LogP contribution in [0.2, 0.25) is 0 Å². The molecule has 1 aliphatic rings. The summed E-state index contributed by atoms with van der Waals surface area (Å²) in [5, 5.41) is 12.4. The number of rotatable bonds is 3. The van der Waals surface area contributed by atoms with E-state index in [1.165, 1.54) is 11.3 Å². The summed E-state index contributed by atoms with van der Waals surface area (Å²) in [4.78, 5) is 5.66. The Kier molecular flexibility index (Phi) is 3.71. The van der Waals surface area contributed by atoms with Crippen LogP contribution >= 0.6 is 11.3 Å². The molecule has 3 atom stereocenters. The normalized spacial score (nSPS) is 27.6. The highest BCUT2D eigenvalue weighted by atomic mass is 32.1. The number of imidazole rings is 1. The smallest absolute Gasteiger partial charge is 0.150 e. The summed E-state index contributed by atoms with van der Waals surface area (Å²) in [5.41, 5.74) is 0. The highest BCUT2D eigenvalue weighted by Gasteiger charge is 2.30. The van der Waals surface area contributed by atoms with Crippen LogP contribution in [0, 0.1) is 5.92 Å². The van der Waals surface area contributed by atoms with Gasteiger partial charge in [-0.25, -0.2) is 4.98 Å². The second-order valence-electron chi connectivity index (χ2n) is 5.36. The van der Waals surface area contributed by atoms with Gasteiger partial charge in [0.15, 0.2) is 0 Å². The van der Waals surface area contributed by atoms with Gasteiger partial charge in [0.1, 0.15) is 5.82 Å². The van der Waals surface area contributed by atoms with Crippen LogP contribution in [-0.2, 0) is 0 Å². The fourth-order valence-corrected chi connectivity index (χ4v) is 3.79. The summed E-state index contributed by atoms with van der Waals surface area (Å²) < 4.78 is 2.18. The SMILES string of the molecule is CCC1CCC(O)C(n2ccnc2-c2cccs2)C1. The van der Waals surface area contributed by atoms with Crippen molar-refractivity contribution in [1.29, 1.82) is 0 Å². The van der Waals surface area contributed by atoms with Crippen LogP contribution in [-0.4, -0.2) is 20.8 Å². The largest absolute Gasteiger partial charge is 0.391 e. The first kappa shape index (κ1) is 12.9. The van der Waals surface area contributed by atoms with Gasteiger partial charge in [-0.05, 0) is 36.6 Å². The van der Waals surface area contributed by atoms with Crippen molar-refractivity contribution in [2.24, 2.45) is 5.92 Å². The van der Waals surface area contributed by atoms with Gasteiger partial charge in [0, 0.05) is 12.4 Å². The van der Waals surface area contributed by atoms with Crippen molar-refractivity contribution in [3.8, 4) is 10.7 Å². The zero-order valence-electron chi connectivity index (χ0n) is 11.2. The fourth-order valence-electron chi connectivity index (χ4n) is 3.06. The van der Waals surface area contributed by atoms with Crippen molar-refractivity contribution < 1.29 is 5.11 Å². The van der Waals surface area contributed by atoms with Crippen LogP contribution in [0.25, 0.3) is 10.7 Å². The summed E-state index contributed by atoms with van der Waals surface area (Å²) in [6.45, 7) is 2.24. The molecule has 0 spiro atoms. The molecule has 1 N–H and O–H groups in total. The average Bonchev–Trinajstić information content (AvgIpc) is 3.09. The second kappa shape index (κ2) is 5.47. The summed E-state index contributed by atoms with van der Waals surface area (Å²) in [7, 11) is 0. The van der Waals surface area contributed by atoms with E-state index >= 15 is 0 Å². The van der Waals surface area contributed by atoms with Gasteiger partial charge in [-0.3, -0.25) is 0 Å². The van der Waals surface area contributed by atoms with Crippen LogP contribution in [0.4, 0.5) is 0 Å². The molecule has 0 bridgehead atoms. The maximum absolute atomic E-state index is 10.3. The average molecular weight is 276 g/mol. The van der Waals surface area contributed by atoms with E-state index in [9.17, 15) is 5.11 Å². The first-order chi connectivity index (χ1) is 9.29. The Balaban J connectivity index is 1.91. The Morgan fingerprint density at radius 2 is 2.37 bits per heavy atom. The van der Waals surface area contributed by atoms with Gasteiger partial charge >= 0.3 is 0 Å². The van der Waals surface area contributed by atoms with Gasteiger partial charge < -0.3 is 9.67 Å². The van der Waals surface area contributed by atoms with Gasteiger partial charge in [-0.1, -0.05) is 19.4 Å². The van der Waals surface area contributed by atoms with Crippen LogP contribution < -0.4 is 0 Å². The standard InChI is InChI=1S/C15H20N2OS/c1-2-11-5-6-13(18)12(10-11)17-8-7-16-15(17)14-4-3-9-19-14/h3-4,7-9,11-13,18H,2,5-6,10H2,1H3. The molecule has 1 saturated carbocycles. The minimum absolute atomic E-state index is 0.179. The summed E-state index contributed by atoms with van der Waals surface area (Å²) in [6, 6.07) is 4.32. The molecule has 0 saturated heterocycles. The first-order valence-corrected chi connectivity index (χ1v) is 7.92. The molecular formula is C15H20N2OS. The molecule has 2 heterocycles. The maximum atomic E-state index is 10.3. The molecule has 0 amide bonds. The van der Waals surface area contributed by atoms with E-state index in [2.05, 4.69) is 27.9 Å². The monoisotopic (exact) mass is 276 g/mol. The number of nitrogens with zero attached hydrogens (tertiary/aromatic N) is 2.